The molecule has 62 heavy (non-hydrogen) atoms. The van der Waals surface area contributed by atoms with Crippen molar-refractivity contribution in [2.24, 2.45) is 5.11 Å². The maximum absolute atomic E-state index is 14.0. The van der Waals surface area contributed by atoms with Crippen LogP contribution in [-0.4, -0.2) is 121 Å². The van der Waals surface area contributed by atoms with Crippen molar-refractivity contribution in [3.05, 3.63) is 118 Å². The number of azide groups is 1. The molecule has 0 aromatic heterocycles. The normalized spacial score (nSPS) is 29.3. The molecule has 4 heterocycles. The molecule has 4 aliphatic heterocycles. The smallest absolute Gasteiger partial charge is 0.303 e. The van der Waals surface area contributed by atoms with E-state index in [0.717, 1.165) is 16.9 Å². The second-order valence-electron chi connectivity index (χ2n) is 15.3. The molecule has 3 aromatic rings. The van der Waals surface area contributed by atoms with Gasteiger partial charge in [-0.2, -0.15) is 0 Å². The highest BCUT2D eigenvalue weighted by Gasteiger charge is 2.58. The molecule has 0 radical (unpaired) electrons. The van der Waals surface area contributed by atoms with E-state index in [-0.39, 0.29) is 37.6 Å². The number of nitrogens with zero attached hydrogens (tertiary/aromatic N) is 4. The summed E-state index contributed by atoms with van der Waals surface area (Å²) in [5, 5.41) is 16.1. The number of unbranched alkanes of at least 4 members (excludes halogenated alkanes) is 3. The molecule has 0 bridgehead atoms. The van der Waals surface area contributed by atoms with Gasteiger partial charge in [0.2, 0.25) is 0 Å². The number of amides is 2. The van der Waals surface area contributed by atoms with Gasteiger partial charge < -0.3 is 47.7 Å². The Bertz CT molecular complexity index is 2020. The number of aliphatic hydroxyl groups is 1. The number of hydrogen-bond donors (Lipinski definition) is 1. The molecule has 1 N–H and O–H groups in total. The van der Waals surface area contributed by atoms with Gasteiger partial charge in [-0.15, -0.1) is 0 Å². The zero-order valence-corrected chi connectivity index (χ0v) is 34.3. The lowest BCUT2D eigenvalue weighted by molar-refractivity contribution is -0.383. The Hall–Kier alpha value is -5.27. The topological polar surface area (TPSA) is 224 Å². The van der Waals surface area contributed by atoms with Gasteiger partial charge in [-0.25, -0.2) is 0 Å². The highest BCUT2D eigenvalue weighted by Crippen LogP contribution is 2.40. The van der Waals surface area contributed by atoms with E-state index in [0.29, 0.717) is 31.4 Å². The SMILES string of the molecule is CC(=O)O[C@H]1[C@H]2O[C@@H](c3ccccc3)OC[C@H]2O[C@@H](O[C@H]2[C@H](O)[C@@H](N3C(=O)c4ccccc4C3=O)[C@H](OCCCCCCN=[N+]=[N-])O[C@@H]2COCc2ccccc2)[C@@H]1OC(C)=O. The Balaban J connectivity index is 1.19. The second kappa shape index (κ2) is 21.2. The van der Waals surface area contributed by atoms with Crippen LogP contribution in [0.4, 0.5) is 0 Å². The second-order valence-corrected chi connectivity index (χ2v) is 15.3. The summed E-state index contributed by atoms with van der Waals surface area (Å²) in [6, 6.07) is 23.3. The van der Waals surface area contributed by atoms with Crippen molar-refractivity contribution in [2.45, 2.75) is 114 Å². The third kappa shape index (κ3) is 10.5. The lowest BCUT2D eigenvalue weighted by atomic mass is 9.94. The lowest BCUT2D eigenvalue weighted by Gasteiger charge is -2.51. The first-order chi connectivity index (χ1) is 30.1. The summed E-state index contributed by atoms with van der Waals surface area (Å²) in [5.41, 5.74) is 10.4. The molecule has 3 aromatic carbocycles. The van der Waals surface area contributed by atoms with Gasteiger partial charge in [0.15, 0.2) is 31.1 Å². The minimum atomic E-state index is -1.71. The number of fused-ring (bicyclic) bond motifs is 2. The van der Waals surface area contributed by atoms with Crippen LogP contribution in [0.15, 0.2) is 90.0 Å². The number of aliphatic hydroxyl groups excluding tert-OH is 1. The van der Waals surface area contributed by atoms with E-state index in [9.17, 15) is 24.3 Å². The molecule has 0 aliphatic carbocycles. The largest absolute Gasteiger partial charge is 0.455 e. The molecule has 330 valence electrons. The Morgan fingerprint density at radius 2 is 1.45 bits per heavy atom. The molecule has 18 heteroatoms. The minimum absolute atomic E-state index is 0.0545. The third-order valence-electron chi connectivity index (χ3n) is 10.9. The van der Waals surface area contributed by atoms with Gasteiger partial charge in [0.25, 0.3) is 11.8 Å². The zero-order chi connectivity index (χ0) is 43.6. The number of benzene rings is 3. The van der Waals surface area contributed by atoms with Gasteiger partial charge in [-0.3, -0.25) is 24.1 Å². The third-order valence-corrected chi connectivity index (χ3v) is 10.9. The molecule has 7 rings (SSSR count). The van der Waals surface area contributed by atoms with Crippen molar-refractivity contribution in [1.82, 2.24) is 4.90 Å². The lowest BCUT2D eigenvalue weighted by Crippen LogP contribution is -2.69. The van der Waals surface area contributed by atoms with Crippen molar-refractivity contribution in [2.75, 3.05) is 26.4 Å². The number of carbonyl (C=O) groups is 4. The Morgan fingerprint density at radius 3 is 2.13 bits per heavy atom. The molecule has 4 aliphatic rings. The molecule has 3 saturated heterocycles. The highest BCUT2D eigenvalue weighted by atomic mass is 16.8. The van der Waals surface area contributed by atoms with Crippen molar-refractivity contribution in [3.8, 4) is 0 Å². The van der Waals surface area contributed by atoms with Crippen molar-refractivity contribution >= 4 is 23.8 Å². The first-order valence-corrected chi connectivity index (χ1v) is 20.7. The maximum atomic E-state index is 14.0. The molecule has 0 spiro atoms. The number of carbonyl (C=O) groups excluding carboxylic acids is 4. The average molecular weight is 859 g/mol. The van der Waals surface area contributed by atoms with Crippen LogP contribution in [0, 0.1) is 0 Å². The van der Waals surface area contributed by atoms with Gasteiger partial charge in [-0.05, 0) is 36.1 Å². The average Bonchev–Trinajstić information content (AvgIpc) is 3.52. The molecular formula is C44H50N4O14. The quantitative estimate of drug-likeness (QED) is 0.0448. The van der Waals surface area contributed by atoms with Crippen LogP contribution in [-0.2, 0) is 58.8 Å². The summed E-state index contributed by atoms with van der Waals surface area (Å²) in [5.74, 6) is -2.80. The fraction of sp³-hybridized carbons (Fsp3) is 0.500. The number of esters is 2. The number of hydrogen-bond acceptors (Lipinski definition) is 15. The first-order valence-electron chi connectivity index (χ1n) is 20.7. The number of rotatable bonds is 18. The maximum Gasteiger partial charge on any atom is 0.303 e. The molecule has 0 unspecified atom stereocenters. The standard InChI is InChI=1S/C44H50N4O14/c1-26(49)57-38-37-33(25-56-42(62-37)29-17-9-6-10-18-29)60-44(39(38)58-27(2)50)61-36-32(24-54-23-28-15-7-5-8-16-28)59-43(55-22-14-4-3-13-21-46-47-45)34(35(36)51)48-40(52)30-19-11-12-20-31(30)41(48)53/h5-12,15-20,32-39,42-44,51H,3-4,13-14,21-25H2,1-2H3/t32-,33-,34-,35-,36-,37+,38+,39-,42+,43-,44+/m1/s1. The summed E-state index contributed by atoms with van der Waals surface area (Å²) in [7, 11) is 0. The molecular weight excluding hydrogens is 808 g/mol. The fourth-order valence-corrected chi connectivity index (χ4v) is 8.08. The molecule has 0 saturated carbocycles. The van der Waals surface area contributed by atoms with Crippen LogP contribution in [0.25, 0.3) is 10.4 Å². The van der Waals surface area contributed by atoms with Gasteiger partial charge in [0, 0.05) is 37.5 Å². The molecule has 2 amide bonds. The summed E-state index contributed by atoms with van der Waals surface area (Å²) in [4.78, 5) is 57.2. The number of ether oxygens (including phenoxy) is 9. The Labute approximate surface area is 357 Å². The van der Waals surface area contributed by atoms with Crippen LogP contribution < -0.4 is 0 Å². The van der Waals surface area contributed by atoms with Crippen LogP contribution in [0.5, 0.6) is 0 Å². The summed E-state index contributed by atoms with van der Waals surface area (Å²) >= 11 is 0. The Morgan fingerprint density at radius 1 is 0.806 bits per heavy atom. The molecule has 11 atom stereocenters. The molecule has 3 fully saturated rings. The van der Waals surface area contributed by atoms with Gasteiger partial charge in [0.1, 0.15) is 36.6 Å². The highest BCUT2D eigenvalue weighted by molar-refractivity contribution is 6.21. The van der Waals surface area contributed by atoms with Crippen LogP contribution in [0.3, 0.4) is 0 Å². The summed E-state index contributed by atoms with van der Waals surface area (Å²) in [6.45, 7) is 2.78. The van der Waals surface area contributed by atoms with Crippen LogP contribution >= 0.6 is 0 Å². The van der Waals surface area contributed by atoms with Gasteiger partial charge in [0.05, 0.1) is 30.9 Å². The monoisotopic (exact) mass is 858 g/mol. The van der Waals surface area contributed by atoms with Gasteiger partial charge >= 0.3 is 11.9 Å². The van der Waals surface area contributed by atoms with E-state index >= 15 is 0 Å². The van der Waals surface area contributed by atoms with Gasteiger partial charge in [-0.1, -0.05) is 90.8 Å². The van der Waals surface area contributed by atoms with E-state index < -0.39 is 91.4 Å². The molecule has 18 nitrogen and oxygen atoms in total. The van der Waals surface area contributed by atoms with E-state index in [1.165, 1.54) is 26.0 Å². The fourth-order valence-electron chi connectivity index (χ4n) is 8.08. The summed E-state index contributed by atoms with van der Waals surface area (Å²) < 4.78 is 56.0. The van der Waals surface area contributed by atoms with Crippen molar-refractivity contribution < 1.29 is 66.9 Å². The van der Waals surface area contributed by atoms with E-state index in [4.69, 9.17) is 48.2 Å². The van der Waals surface area contributed by atoms with E-state index in [1.807, 2.05) is 60.7 Å². The van der Waals surface area contributed by atoms with E-state index in [1.54, 1.807) is 12.1 Å². The predicted octanol–water partition coefficient (Wildman–Crippen LogP) is 4.93. The van der Waals surface area contributed by atoms with Crippen LogP contribution in [0.1, 0.15) is 77.7 Å². The van der Waals surface area contributed by atoms with Crippen LogP contribution in [0.2, 0.25) is 0 Å². The Kier molecular flexibility index (Phi) is 15.3. The summed E-state index contributed by atoms with van der Waals surface area (Å²) in [6.07, 6.45) is -10.0. The minimum Gasteiger partial charge on any atom is -0.455 e. The van der Waals surface area contributed by atoms with E-state index in [2.05, 4.69) is 10.0 Å². The van der Waals surface area contributed by atoms with Crippen molar-refractivity contribution in [3.63, 3.8) is 0 Å². The number of imide groups is 1. The first kappa shape index (κ1) is 44.8. The predicted molar refractivity (Wildman–Crippen MR) is 215 cm³/mol. The van der Waals surface area contributed by atoms with Crippen molar-refractivity contribution in [1.29, 1.82) is 0 Å². The zero-order valence-electron chi connectivity index (χ0n) is 34.3.